The molecule has 2 aliphatic rings. The third-order valence-corrected chi connectivity index (χ3v) is 4.95. The first-order valence-electron chi connectivity index (χ1n) is 9.20. The van der Waals surface area contributed by atoms with Gasteiger partial charge in [0, 0.05) is 18.6 Å². The molecule has 1 aliphatic carbocycles. The Morgan fingerprint density at radius 2 is 1.83 bits per heavy atom. The zero-order chi connectivity index (χ0) is 17.0. The maximum Gasteiger partial charge on any atom is 0.410 e. The van der Waals surface area contributed by atoms with E-state index in [2.05, 4.69) is 12.2 Å². The molecule has 0 aromatic heterocycles. The minimum absolute atomic E-state index is 0.128. The zero-order valence-electron chi connectivity index (χ0n) is 15.2. The summed E-state index contributed by atoms with van der Waals surface area (Å²) in [6, 6.07) is 0.907. The van der Waals surface area contributed by atoms with E-state index in [4.69, 9.17) is 4.74 Å². The molecule has 2 unspecified atom stereocenters. The third-order valence-electron chi connectivity index (χ3n) is 4.95. The molecule has 1 aliphatic heterocycles. The molecule has 134 valence electrons. The van der Waals surface area contributed by atoms with Gasteiger partial charge in [-0.2, -0.15) is 0 Å². The largest absolute Gasteiger partial charge is 0.444 e. The molecule has 2 rings (SSSR count). The summed E-state index contributed by atoms with van der Waals surface area (Å²) in [5.74, 6) is 0. The van der Waals surface area contributed by atoms with Crippen LogP contribution in [0.2, 0.25) is 0 Å². The van der Waals surface area contributed by atoms with E-state index in [1.807, 2.05) is 25.7 Å². The summed E-state index contributed by atoms with van der Waals surface area (Å²) >= 11 is 0. The van der Waals surface area contributed by atoms with Gasteiger partial charge in [-0.1, -0.05) is 0 Å². The number of aliphatic hydroxyl groups is 1. The van der Waals surface area contributed by atoms with Crippen LogP contribution in [0.5, 0.6) is 0 Å². The summed E-state index contributed by atoms with van der Waals surface area (Å²) in [5.41, 5.74) is -0.449. The van der Waals surface area contributed by atoms with Crippen LogP contribution in [0.4, 0.5) is 4.79 Å². The van der Waals surface area contributed by atoms with Crippen molar-refractivity contribution in [3.05, 3.63) is 0 Å². The fourth-order valence-corrected chi connectivity index (χ4v) is 3.75. The van der Waals surface area contributed by atoms with E-state index in [0.717, 1.165) is 45.1 Å². The van der Waals surface area contributed by atoms with Crippen LogP contribution in [0.1, 0.15) is 72.6 Å². The van der Waals surface area contributed by atoms with Crippen molar-refractivity contribution in [1.82, 2.24) is 10.2 Å². The van der Waals surface area contributed by atoms with Gasteiger partial charge in [0.2, 0.25) is 0 Å². The standard InChI is InChI=1S/C18H34N2O3/c1-13(19-14-8-10-15(21)11-9-14)16-7-5-6-12-20(16)17(22)23-18(2,3)4/h13-16,19,21H,5-12H2,1-4H3. The molecule has 23 heavy (non-hydrogen) atoms. The second-order valence-electron chi connectivity index (χ2n) is 8.20. The normalized spacial score (nSPS) is 30.8. The molecule has 1 heterocycles. The lowest BCUT2D eigenvalue weighted by Crippen LogP contribution is -2.56. The van der Waals surface area contributed by atoms with Crippen molar-refractivity contribution in [2.45, 2.75) is 102 Å². The number of nitrogens with zero attached hydrogens (tertiary/aromatic N) is 1. The van der Waals surface area contributed by atoms with Gasteiger partial charge in [-0.25, -0.2) is 4.79 Å². The number of rotatable bonds is 3. The smallest absolute Gasteiger partial charge is 0.410 e. The molecule has 1 saturated carbocycles. The number of likely N-dealkylation sites (tertiary alicyclic amines) is 1. The van der Waals surface area contributed by atoms with E-state index in [-0.39, 0.29) is 24.3 Å². The Labute approximate surface area is 140 Å². The van der Waals surface area contributed by atoms with Crippen molar-refractivity contribution in [1.29, 1.82) is 0 Å². The van der Waals surface area contributed by atoms with Crippen molar-refractivity contribution in [3.63, 3.8) is 0 Å². The SMILES string of the molecule is CC(NC1CCC(O)CC1)C1CCCCN1C(=O)OC(C)(C)C. The van der Waals surface area contributed by atoms with E-state index < -0.39 is 5.60 Å². The van der Waals surface area contributed by atoms with Crippen LogP contribution < -0.4 is 5.32 Å². The Balaban J connectivity index is 1.92. The number of nitrogens with one attached hydrogen (secondary N) is 1. The zero-order valence-corrected chi connectivity index (χ0v) is 15.2. The molecule has 2 N–H and O–H groups in total. The number of amides is 1. The van der Waals surface area contributed by atoms with Gasteiger partial charge in [0.1, 0.15) is 5.60 Å². The number of ether oxygens (including phenoxy) is 1. The third kappa shape index (κ3) is 5.64. The van der Waals surface area contributed by atoms with E-state index in [1.54, 1.807) is 0 Å². The van der Waals surface area contributed by atoms with Crippen molar-refractivity contribution in [2.75, 3.05) is 6.54 Å². The van der Waals surface area contributed by atoms with Gasteiger partial charge in [0.15, 0.2) is 0 Å². The highest BCUT2D eigenvalue weighted by Crippen LogP contribution is 2.25. The maximum atomic E-state index is 12.5. The highest BCUT2D eigenvalue weighted by Gasteiger charge is 2.34. The second kappa shape index (κ2) is 7.84. The van der Waals surface area contributed by atoms with Crippen LogP contribution in [0.25, 0.3) is 0 Å². The molecule has 2 atom stereocenters. The van der Waals surface area contributed by atoms with Gasteiger partial charge in [-0.15, -0.1) is 0 Å². The monoisotopic (exact) mass is 326 g/mol. The number of carbonyl (C=O) groups excluding carboxylic acids is 1. The van der Waals surface area contributed by atoms with Gasteiger partial charge < -0.3 is 20.1 Å². The molecule has 5 nitrogen and oxygen atoms in total. The molecule has 0 aromatic rings. The molecule has 2 fully saturated rings. The number of piperidine rings is 1. The Hall–Kier alpha value is -0.810. The van der Waals surface area contributed by atoms with Crippen molar-refractivity contribution in [2.24, 2.45) is 0 Å². The first kappa shape index (κ1) is 18.5. The number of hydrogen-bond acceptors (Lipinski definition) is 4. The fraction of sp³-hybridized carbons (Fsp3) is 0.944. The number of hydrogen-bond donors (Lipinski definition) is 2. The molecule has 1 amide bonds. The van der Waals surface area contributed by atoms with E-state index >= 15 is 0 Å². The van der Waals surface area contributed by atoms with Crippen molar-refractivity contribution in [3.8, 4) is 0 Å². The van der Waals surface area contributed by atoms with Gasteiger partial charge in [-0.05, 0) is 72.6 Å². The topological polar surface area (TPSA) is 61.8 Å². The minimum atomic E-state index is -0.449. The quantitative estimate of drug-likeness (QED) is 0.837. The molecule has 5 heteroatoms. The highest BCUT2D eigenvalue weighted by atomic mass is 16.6. The van der Waals surface area contributed by atoms with E-state index in [1.165, 1.54) is 6.42 Å². The molecule has 1 saturated heterocycles. The summed E-state index contributed by atoms with van der Waals surface area (Å²) in [6.45, 7) is 8.71. The summed E-state index contributed by atoms with van der Waals surface area (Å²) in [6.07, 6.45) is 6.73. The highest BCUT2D eigenvalue weighted by molar-refractivity contribution is 5.68. The summed E-state index contributed by atoms with van der Waals surface area (Å²) in [7, 11) is 0. The lowest BCUT2D eigenvalue weighted by atomic mass is 9.90. The number of carbonyl (C=O) groups is 1. The van der Waals surface area contributed by atoms with Crippen LogP contribution in [-0.2, 0) is 4.74 Å². The van der Waals surface area contributed by atoms with Gasteiger partial charge in [0.25, 0.3) is 0 Å². The molecule has 0 aromatic carbocycles. The summed E-state index contributed by atoms with van der Waals surface area (Å²) in [5, 5.41) is 13.3. The van der Waals surface area contributed by atoms with Crippen LogP contribution in [-0.4, -0.2) is 52.5 Å². The first-order valence-corrected chi connectivity index (χ1v) is 9.20. The summed E-state index contributed by atoms with van der Waals surface area (Å²) < 4.78 is 5.59. The average molecular weight is 326 g/mol. The molecular formula is C18H34N2O3. The average Bonchev–Trinajstić information content (AvgIpc) is 2.48. The molecule has 0 bridgehead atoms. The van der Waals surface area contributed by atoms with Gasteiger partial charge in [0.05, 0.1) is 12.1 Å². The number of aliphatic hydroxyl groups excluding tert-OH is 1. The van der Waals surface area contributed by atoms with E-state index in [0.29, 0.717) is 6.04 Å². The molecular weight excluding hydrogens is 292 g/mol. The van der Waals surface area contributed by atoms with Crippen LogP contribution in [0.3, 0.4) is 0 Å². The second-order valence-corrected chi connectivity index (χ2v) is 8.20. The van der Waals surface area contributed by atoms with Gasteiger partial charge in [-0.3, -0.25) is 0 Å². The van der Waals surface area contributed by atoms with Crippen molar-refractivity contribution < 1.29 is 14.6 Å². The maximum absolute atomic E-state index is 12.5. The predicted octanol–water partition coefficient (Wildman–Crippen LogP) is 3.06. The molecule has 0 radical (unpaired) electrons. The van der Waals surface area contributed by atoms with Crippen LogP contribution in [0, 0.1) is 0 Å². The van der Waals surface area contributed by atoms with Gasteiger partial charge >= 0.3 is 6.09 Å². The van der Waals surface area contributed by atoms with Crippen molar-refractivity contribution >= 4 is 6.09 Å². The first-order chi connectivity index (χ1) is 10.8. The lowest BCUT2D eigenvalue weighted by molar-refractivity contribution is 0.00441. The van der Waals surface area contributed by atoms with Crippen LogP contribution in [0.15, 0.2) is 0 Å². The Morgan fingerprint density at radius 3 is 2.43 bits per heavy atom. The summed E-state index contributed by atoms with van der Waals surface area (Å²) in [4.78, 5) is 14.4. The Bertz CT molecular complexity index is 386. The van der Waals surface area contributed by atoms with Crippen LogP contribution >= 0.6 is 0 Å². The lowest BCUT2D eigenvalue weighted by Gasteiger charge is -2.41. The predicted molar refractivity (Wildman–Crippen MR) is 91.4 cm³/mol. The molecule has 0 spiro atoms. The van der Waals surface area contributed by atoms with E-state index in [9.17, 15) is 9.90 Å². The Morgan fingerprint density at radius 1 is 1.17 bits per heavy atom. The minimum Gasteiger partial charge on any atom is -0.444 e. The fourth-order valence-electron chi connectivity index (χ4n) is 3.75. The Kier molecular flexibility index (Phi) is 6.32.